The number of nitrogens with zero attached hydrogens (tertiary/aromatic N) is 5. The predicted octanol–water partition coefficient (Wildman–Crippen LogP) is 1.71. The molecule has 1 saturated carbocycles. The van der Waals surface area contributed by atoms with E-state index in [-0.39, 0.29) is 30.6 Å². The Balaban J connectivity index is 1.43. The van der Waals surface area contributed by atoms with Crippen LogP contribution in [-0.2, 0) is 14.3 Å². The van der Waals surface area contributed by atoms with Crippen LogP contribution < -0.4 is 15.8 Å². The van der Waals surface area contributed by atoms with Gasteiger partial charge in [0.1, 0.15) is 5.82 Å². The number of hydrogen-bond acceptors (Lipinski definition) is 9. The molecule has 3 aliphatic rings. The average molecular weight is 508 g/mol. The Kier molecular flexibility index (Phi) is 9.27. The molecule has 0 bridgehead atoms. The van der Waals surface area contributed by atoms with E-state index < -0.39 is 17.6 Å². The van der Waals surface area contributed by atoms with Crippen molar-refractivity contribution in [3.63, 3.8) is 0 Å². The number of hydroxylamine groups is 2. The topological polar surface area (TPSA) is 123 Å². The molecule has 2 saturated heterocycles. The highest BCUT2D eigenvalue weighted by Crippen LogP contribution is 2.31. The molecule has 3 fully saturated rings. The summed E-state index contributed by atoms with van der Waals surface area (Å²) in [5, 5.41) is 10.2. The van der Waals surface area contributed by atoms with Crippen LogP contribution in [0, 0.1) is 24.6 Å². The van der Waals surface area contributed by atoms with Crippen molar-refractivity contribution < 1.29 is 23.9 Å². The molecule has 3 N–H and O–H groups in total. The first-order chi connectivity index (χ1) is 17.4. The maximum Gasteiger partial charge on any atom is 0.243 e. The van der Waals surface area contributed by atoms with Gasteiger partial charge in [-0.25, -0.2) is 15.0 Å². The third kappa shape index (κ3) is 6.80. The largest absolute Gasteiger partial charge is 0.379 e. The molecule has 200 valence electrons. The van der Waals surface area contributed by atoms with Gasteiger partial charge in [0, 0.05) is 32.2 Å². The first-order valence-electron chi connectivity index (χ1n) is 13.0. The molecule has 0 unspecified atom stereocenters. The molecule has 1 aliphatic carbocycles. The molecular formula is C24H38FN7O4. The summed E-state index contributed by atoms with van der Waals surface area (Å²) >= 11 is 0. The zero-order valence-corrected chi connectivity index (χ0v) is 21.0. The van der Waals surface area contributed by atoms with E-state index >= 15 is 4.39 Å². The van der Waals surface area contributed by atoms with Crippen molar-refractivity contribution in [2.45, 2.75) is 57.9 Å². The van der Waals surface area contributed by atoms with Gasteiger partial charge >= 0.3 is 0 Å². The van der Waals surface area contributed by atoms with E-state index in [0.717, 1.165) is 58.2 Å². The summed E-state index contributed by atoms with van der Waals surface area (Å²) < 4.78 is 21.0. The molecule has 2 atom stereocenters. The van der Waals surface area contributed by atoms with E-state index in [0.29, 0.717) is 43.0 Å². The summed E-state index contributed by atoms with van der Waals surface area (Å²) in [7, 11) is 0. The van der Waals surface area contributed by atoms with Gasteiger partial charge in [0.05, 0.1) is 25.7 Å². The third-order valence-electron chi connectivity index (χ3n) is 7.46. The molecule has 3 heterocycles. The molecule has 0 aromatic carbocycles. The second kappa shape index (κ2) is 12.6. The Labute approximate surface area is 211 Å². The van der Waals surface area contributed by atoms with Gasteiger partial charge in [-0.1, -0.05) is 25.7 Å². The van der Waals surface area contributed by atoms with E-state index in [1.165, 1.54) is 0 Å². The fourth-order valence-corrected chi connectivity index (χ4v) is 5.61. The molecule has 2 aliphatic heterocycles. The zero-order chi connectivity index (χ0) is 25.5. The van der Waals surface area contributed by atoms with Crippen molar-refractivity contribution in [1.29, 1.82) is 0 Å². The Morgan fingerprint density at radius 1 is 1.22 bits per heavy atom. The van der Waals surface area contributed by atoms with Gasteiger partial charge in [-0.3, -0.25) is 30.5 Å². The maximum absolute atomic E-state index is 15.6. The molecule has 12 heteroatoms. The SMILES string of the molecule is Cc1nc(NNC(=O)[C@@H](CC2CCCC2)CN(O)C=O)c(F)c(N2CCC[C@H]2CN2CCOCC2)n1. The Morgan fingerprint density at radius 2 is 1.97 bits per heavy atom. The van der Waals surface area contributed by atoms with Gasteiger partial charge in [-0.05, 0) is 32.1 Å². The van der Waals surface area contributed by atoms with Gasteiger partial charge in [-0.15, -0.1) is 0 Å². The average Bonchev–Trinajstić information content (AvgIpc) is 3.56. The van der Waals surface area contributed by atoms with Crippen LogP contribution in [-0.4, -0.2) is 89.4 Å². The van der Waals surface area contributed by atoms with Gasteiger partial charge < -0.3 is 9.64 Å². The minimum absolute atomic E-state index is 0.0984. The molecular weight excluding hydrogens is 469 g/mol. The number of rotatable bonds is 11. The van der Waals surface area contributed by atoms with Crippen molar-refractivity contribution in [2.75, 3.05) is 56.3 Å². The van der Waals surface area contributed by atoms with Crippen LogP contribution in [0.1, 0.15) is 50.8 Å². The number of amides is 2. The number of aromatic nitrogens is 2. The smallest absolute Gasteiger partial charge is 0.243 e. The fourth-order valence-electron chi connectivity index (χ4n) is 5.61. The normalized spacial score (nSPS) is 22.0. The van der Waals surface area contributed by atoms with Gasteiger partial charge in [0.15, 0.2) is 11.6 Å². The lowest BCUT2D eigenvalue weighted by molar-refractivity contribution is -0.154. The number of hydrogen-bond donors (Lipinski definition) is 3. The third-order valence-corrected chi connectivity index (χ3v) is 7.46. The molecule has 1 aromatic heterocycles. The zero-order valence-electron chi connectivity index (χ0n) is 21.0. The van der Waals surface area contributed by atoms with Crippen LogP contribution in [0.2, 0.25) is 0 Å². The second-order valence-corrected chi connectivity index (χ2v) is 10.1. The highest BCUT2D eigenvalue weighted by molar-refractivity contribution is 5.80. The van der Waals surface area contributed by atoms with Crippen molar-refractivity contribution in [3.8, 4) is 0 Å². The lowest BCUT2D eigenvalue weighted by Crippen LogP contribution is -2.45. The summed E-state index contributed by atoms with van der Waals surface area (Å²) in [4.78, 5) is 36.8. The standard InChI is InChI=1S/C24H38FN7O4/c1-17-26-22(28-29-24(34)19(14-31(35)16-33)13-18-5-2-3-6-18)21(25)23(27-17)32-8-4-7-20(32)15-30-9-11-36-12-10-30/h16,18-20,35H,2-15H2,1H3,(H,29,34)(H,26,27,28)/t19-,20-/m0/s1. The van der Waals surface area contributed by atoms with Crippen LogP contribution in [0.25, 0.3) is 0 Å². The molecule has 0 radical (unpaired) electrons. The number of aryl methyl sites for hydroxylation is 1. The molecule has 0 spiro atoms. The molecule has 1 aromatic rings. The first kappa shape index (κ1) is 26.5. The second-order valence-electron chi connectivity index (χ2n) is 10.1. The van der Waals surface area contributed by atoms with Crippen LogP contribution >= 0.6 is 0 Å². The Bertz CT molecular complexity index is 895. The molecule has 4 rings (SSSR count). The maximum atomic E-state index is 15.6. The lowest BCUT2D eigenvalue weighted by Gasteiger charge is -2.33. The molecule has 36 heavy (non-hydrogen) atoms. The number of carbonyl (C=O) groups excluding carboxylic acids is 2. The summed E-state index contributed by atoms with van der Waals surface area (Å²) in [5.41, 5.74) is 5.19. The Morgan fingerprint density at radius 3 is 2.69 bits per heavy atom. The summed E-state index contributed by atoms with van der Waals surface area (Å²) in [5.74, 6) is -0.768. The van der Waals surface area contributed by atoms with E-state index in [1.807, 2.05) is 4.90 Å². The first-order valence-corrected chi connectivity index (χ1v) is 13.0. The van der Waals surface area contributed by atoms with Crippen molar-refractivity contribution >= 4 is 24.0 Å². The van der Waals surface area contributed by atoms with Gasteiger partial charge in [0.25, 0.3) is 0 Å². The number of morpholine rings is 1. The van der Waals surface area contributed by atoms with Crippen LogP contribution in [0.4, 0.5) is 16.0 Å². The molecule has 2 amide bonds. The van der Waals surface area contributed by atoms with Crippen LogP contribution in [0.3, 0.4) is 0 Å². The number of ether oxygens (including phenoxy) is 1. The van der Waals surface area contributed by atoms with Gasteiger partial charge in [-0.2, -0.15) is 4.39 Å². The minimum Gasteiger partial charge on any atom is -0.379 e. The monoisotopic (exact) mass is 507 g/mol. The Hall–Kier alpha value is -2.57. The summed E-state index contributed by atoms with van der Waals surface area (Å²) in [6.07, 6.45) is 7.01. The minimum atomic E-state index is -0.627. The number of halogens is 1. The lowest BCUT2D eigenvalue weighted by atomic mass is 9.92. The quantitative estimate of drug-likeness (QED) is 0.233. The summed E-state index contributed by atoms with van der Waals surface area (Å²) in [6, 6.07) is 0.143. The van der Waals surface area contributed by atoms with Crippen molar-refractivity contribution in [2.24, 2.45) is 11.8 Å². The highest BCUT2D eigenvalue weighted by atomic mass is 19.1. The summed E-state index contributed by atoms with van der Waals surface area (Å²) in [6.45, 7) is 6.25. The van der Waals surface area contributed by atoms with Crippen LogP contribution in [0.15, 0.2) is 0 Å². The van der Waals surface area contributed by atoms with Crippen molar-refractivity contribution in [3.05, 3.63) is 11.6 Å². The number of hydrazine groups is 1. The van der Waals surface area contributed by atoms with Crippen LogP contribution in [0.5, 0.6) is 0 Å². The van der Waals surface area contributed by atoms with E-state index in [9.17, 15) is 14.8 Å². The fraction of sp³-hybridized carbons (Fsp3) is 0.750. The predicted molar refractivity (Wildman–Crippen MR) is 131 cm³/mol. The van der Waals surface area contributed by atoms with Gasteiger partial charge in [0.2, 0.25) is 18.1 Å². The number of carbonyl (C=O) groups is 2. The van der Waals surface area contributed by atoms with E-state index in [4.69, 9.17) is 4.74 Å². The van der Waals surface area contributed by atoms with Crippen molar-refractivity contribution in [1.82, 2.24) is 25.4 Å². The molecule has 11 nitrogen and oxygen atoms in total. The van der Waals surface area contributed by atoms with E-state index in [1.54, 1.807) is 6.92 Å². The number of anilines is 2. The number of nitrogens with one attached hydrogen (secondary N) is 2. The van der Waals surface area contributed by atoms with E-state index in [2.05, 4.69) is 25.7 Å². The highest BCUT2D eigenvalue weighted by Gasteiger charge is 2.32.